The van der Waals surface area contributed by atoms with Gasteiger partial charge in [-0.3, -0.25) is 10.5 Å². The van der Waals surface area contributed by atoms with Crippen molar-refractivity contribution in [2.45, 2.75) is 25.9 Å². The highest BCUT2D eigenvalue weighted by Crippen LogP contribution is 2.33. The Morgan fingerprint density at radius 1 is 1.43 bits per heavy atom. The third-order valence-electron chi connectivity index (χ3n) is 3.22. The lowest BCUT2D eigenvalue weighted by Gasteiger charge is -2.21. The molecule has 0 bridgehead atoms. The first-order valence-electron chi connectivity index (χ1n) is 6.52. The standard InChI is InChI=1S/C14H18BrFN4O/c1-8(2)20-14(12(21-3)7-18-20)13(19-17)10-5-4-9(15)6-11(10)16/h4-8,13,19H,17H2,1-3H3. The Hall–Kier alpha value is -1.44. The predicted octanol–water partition coefficient (Wildman–Crippen LogP) is 2.93. The fourth-order valence-electron chi connectivity index (χ4n) is 2.25. The molecular weight excluding hydrogens is 339 g/mol. The zero-order chi connectivity index (χ0) is 15.6. The van der Waals surface area contributed by atoms with Gasteiger partial charge in [-0.25, -0.2) is 9.82 Å². The summed E-state index contributed by atoms with van der Waals surface area (Å²) in [7, 11) is 1.55. The number of nitrogens with zero attached hydrogens (tertiary/aromatic N) is 2. The summed E-state index contributed by atoms with van der Waals surface area (Å²) in [5, 5.41) is 4.29. The number of benzene rings is 1. The van der Waals surface area contributed by atoms with Crippen LogP contribution in [0.25, 0.3) is 0 Å². The highest BCUT2D eigenvalue weighted by atomic mass is 79.9. The summed E-state index contributed by atoms with van der Waals surface area (Å²) >= 11 is 3.25. The van der Waals surface area contributed by atoms with Gasteiger partial charge in [0.1, 0.15) is 11.5 Å². The van der Waals surface area contributed by atoms with Crippen LogP contribution in [0.1, 0.15) is 37.2 Å². The fourth-order valence-corrected chi connectivity index (χ4v) is 2.58. The molecule has 21 heavy (non-hydrogen) atoms. The van der Waals surface area contributed by atoms with Crippen molar-refractivity contribution in [3.05, 3.63) is 45.9 Å². The van der Waals surface area contributed by atoms with E-state index in [2.05, 4.69) is 26.5 Å². The summed E-state index contributed by atoms with van der Waals surface area (Å²) in [6, 6.07) is 4.39. The van der Waals surface area contributed by atoms with Crippen molar-refractivity contribution in [3.63, 3.8) is 0 Å². The maximum Gasteiger partial charge on any atom is 0.161 e. The lowest BCUT2D eigenvalue weighted by Crippen LogP contribution is -2.32. The fraction of sp³-hybridized carbons (Fsp3) is 0.357. The Balaban J connectivity index is 2.58. The van der Waals surface area contributed by atoms with Gasteiger partial charge in [-0.15, -0.1) is 0 Å². The number of rotatable bonds is 5. The summed E-state index contributed by atoms with van der Waals surface area (Å²) in [5.41, 5.74) is 3.78. The topological polar surface area (TPSA) is 65.1 Å². The molecule has 114 valence electrons. The Bertz CT molecular complexity index is 629. The number of aromatic nitrogens is 2. The number of hydrogen-bond donors (Lipinski definition) is 2. The van der Waals surface area contributed by atoms with Gasteiger partial charge < -0.3 is 4.74 Å². The van der Waals surface area contributed by atoms with E-state index in [0.29, 0.717) is 21.5 Å². The van der Waals surface area contributed by atoms with Crippen molar-refractivity contribution in [1.82, 2.24) is 15.2 Å². The SMILES string of the molecule is COc1cnn(C(C)C)c1C(NN)c1ccc(Br)cc1F. The molecule has 1 heterocycles. The number of nitrogens with two attached hydrogens (primary N) is 1. The molecule has 0 spiro atoms. The van der Waals surface area contributed by atoms with E-state index in [1.807, 2.05) is 13.8 Å². The van der Waals surface area contributed by atoms with Crippen molar-refractivity contribution in [2.24, 2.45) is 5.84 Å². The van der Waals surface area contributed by atoms with Gasteiger partial charge in [0.2, 0.25) is 0 Å². The molecule has 3 N–H and O–H groups in total. The minimum absolute atomic E-state index is 0.0956. The molecule has 0 radical (unpaired) electrons. The summed E-state index contributed by atoms with van der Waals surface area (Å²) in [5.74, 6) is 5.88. The normalized spacial score (nSPS) is 12.7. The molecule has 0 fully saturated rings. The van der Waals surface area contributed by atoms with E-state index in [0.717, 1.165) is 0 Å². The smallest absolute Gasteiger partial charge is 0.161 e. The number of nitrogens with one attached hydrogen (secondary N) is 1. The molecule has 0 amide bonds. The van der Waals surface area contributed by atoms with Crippen LogP contribution in [-0.2, 0) is 0 Å². The molecule has 7 heteroatoms. The van der Waals surface area contributed by atoms with E-state index in [-0.39, 0.29) is 11.9 Å². The van der Waals surface area contributed by atoms with Gasteiger partial charge in [0, 0.05) is 16.1 Å². The van der Waals surface area contributed by atoms with Crippen molar-refractivity contribution in [2.75, 3.05) is 7.11 Å². The van der Waals surface area contributed by atoms with Gasteiger partial charge in [0.05, 0.1) is 19.3 Å². The van der Waals surface area contributed by atoms with Crippen molar-refractivity contribution < 1.29 is 9.13 Å². The van der Waals surface area contributed by atoms with E-state index in [1.54, 1.807) is 30.1 Å². The zero-order valence-corrected chi connectivity index (χ0v) is 13.7. The minimum atomic E-state index is -0.557. The molecule has 0 aliphatic carbocycles. The van der Waals surface area contributed by atoms with Gasteiger partial charge >= 0.3 is 0 Å². The lowest BCUT2D eigenvalue weighted by atomic mass is 10.0. The van der Waals surface area contributed by atoms with Crippen LogP contribution in [0.2, 0.25) is 0 Å². The number of hydrazine groups is 1. The molecule has 5 nitrogen and oxygen atoms in total. The van der Waals surface area contributed by atoms with Crippen LogP contribution in [0.3, 0.4) is 0 Å². The molecule has 0 saturated heterocycles. The van der Waals surface area contributed by atoms with Gasteiger partial charge in [-0.1, -0.05) is 22.0 Å². The van der Waals surface area contributed by atoms with Crippen LogP contribution in [0, 0.1) is 5.82 Å². The maximum atomic E-state index is 14.3. The Morgan fingerprint density at radius 2 is 2.14 bits per heavy atom. The van der Waals surface area contributed by atoms with Gasteiger partial charge in [-0.05, 0) is 26.0 Å². The number of halogens is 2. The van der Waals surface area contributed by atoms with E-state index in [9.17, 15) is 4.39 Å². The van der Waals surface area contributed by atoms with E-state index < -0.39 is 6.04 Å². The van der Waals surface area contributed by atoms with Crippen molar-refractivity contribution in [3.8, 4) is 5.75 Å². The summed E-state index contributed by atoms with van der Waals surface area (Å²) in [6.45, 7) is 3.98. The lowest BCUT2D eigenvalue weighted by molar-refractivity contribution is 0.392. The van der Waals surface area contributed by atoms with Crippen LogP contribution in [0.5, 0.6) is 5.75 Å². The molecule has 0 aliphatic rings. The number of ether oxygens (including phenoxy) is 1. The number of hydrogen-bond acceptors (Lipinski definition) is 4. The van der Waals surface area contributed by atoms with Gasteiger partial charge in [-0.2, -0.15) is 5.10 Å². The van der Waals surface area contributed by atoms with Crippen LogP contribution in [0.15, 0.2) is 28.9 Å². The molecule has 0 aliphatic heterocycles. The first-order chi connectivity index (χ1) is 9.99. The second-order valence-corrected chi connectivity index (χ2v) is 5.82. The second-order valence-electron chi connectivity index (χ2n) is 4.90. The first-order valence-corrected chi connectivity index (χ1v) is 7.31. The van der Waals surface area contributed by atoms with Crippen LogP contribution >= 0.6 is 15.9 Å². The number of methoxy groups -OCH3 is 1. The van der Waals surface area contributed by atoms with E-state index in [4.69, 9.17) is 10.6 Å². The van der Waals surface area contributed by atoms with Crippen LogP contribution in [-0.4, -0.2) is 16.9 Å². The van der Waals surface area contributed by atoms with Crippen LogP contribution < -0.4 is 16.0 Å². The highest BCUT2D eigenvalue weighted by molar-refractivity contribution is 9.10. The van der Waals surface area contributed by atoms with E-state index in [1.165, 1.54) is 6.07 Å². The quantitative estimate of drug-likeness (QED) is 0.638. The van der Waals surface area contributed by atoms with Crippen molar-refractivity contribution in [1.29, 1.82) is 0 Å². The first kappa shape index (κ1) is 15.9. The third-order valence-corrected chi connectivity index (χ3v) is 3.71. The molecule has 1 unspecified atom stereocenters. The molecule has 1 atom stereocenters. The molecule has 1 aromatic carbocycles. The summed E-state index contributed by atoms with van der Waals surface area (Å²) < 4.78 is 22.0. The molecule has 2 aromatic rings. The highest BCUT2D eigenvalue weighted by Gasteiger charge is 2.26. The molecule has 1 aromatic heterocycles. The average molecular weight is 357 g/mol. The Labute approximate surface area is 131 Å². The summed E-state index contributed by atoms with van der Waals surface area (Å²) in [6.07, 6.45) is 1.61. The maximum absolute atomic E-state index is 14.3. The van der Waals surface area contributed by atoms with E-state index >= 15 is 0 Å². The minimum Gasteiger partial charge on any atom is -0.493 e. The second kappa shape index (κ2) is 6.55. The van der Waals surface area contributed by atoms with Crippen LogP contribution in [0.4, 0.5) is 4.39 Å². The summed E-state index contributed by atoms with van der Waals surface area (Å²) in [4.78, 5) is 0. The van der Waals surface area contributed by atoms with Gasteiger partial charge in [0.15, 0.2) is 5.75 Å². The Morgan fingerprint density at radius 3 is 2.67 bits per heavy atom. The third kappa shape index (κ3) is 3.09. The Kier molecular flexibility index (Phi) is 4.97. The molecule has 2 rings (SSSR count). The zero-order valence-electron chi connectivity index (χ0n) is 12.1. The monoisotopic (exact) mass is 356 g/mol. The largest absolute Gasteiger partial charge is 0.493 e. The van der Waals surface area contributed by atoms with Gasteiger partial charge in [0.25, 0.3) is 0 Å². The molecule has 0 saturated carbocycles. The van der Waals surface area contributed by atoms with Crippen molar-refractivity contribution >= 4 is 15.9 Å². The molecular formula is C14H18BrFN4O. The average Bonchev–Trinajstić information content (AvgIpc) is 2.86. The predicted molar refractivity (Wildman–Crippen MR) is 82.4 cm³/mol.